The Morgan fingerprint density at radius 2 is 2.21 bits per heavy atom. The fourth-order valence-corrected chi connectivity index (χ4v) is 4.11. The topological polar surface area (TPSA) is 73.1 Å². The van der Waals surface area contributed by atoms with Gasteiger partial charge in [-0.15, -0.1) is 11.3 Å². The van der Waals surface area contributed by atoms with E-state index in [0.717, 1.165) is 30.9 Å². The second-order valence-corrected chi connectivity index (χ2v) is 7.01. The van der Waals surface area contributed by atoms with E-state index in [0.29, 0.717) is 18.7 Å². The zero-order valence-corrected chi connectivity index (χ0v) is 13.9. The molecule has 2 aromatic rings. The van der Waals surface area contributed by atoms with Crippen LogP contribution in [0.1, 0.15) is 24.1 Å². The molecule has 2 atom stereocenters. The van der Waals surface area contributed by atoms with Crippen LogP contribution in [0.5, 0.6) is 0 Å². The van der Waals surface area contributed by atoms with Crippen LogP contribution in [0.15, 0.2) is 29.2 Å². The summed E-state index contributed by atoms with van der Waals surface area (Å²) in [5.41, 5.74) is 3.32. The molecule has 2 bridgehead atoms. The Kier molecular flexibility index (Phi) is 3.90. The van der Waals surface area contributed by atoms with Crippen molar-refractivity contribution >= 4 is 23.1 Å². The van der Waals surface area contributed by atoms with Gasteiger partial charge in [0.15, 0.2) is 0 Å². The average molecular weight is 339 g/mol. The highest BCUT2D eigenvalue weighted by molar-refractivity contribution is 7.07. The molecule has 0 radical (unpaired) electrons. The zero-order valence-electron chi connectivity index (χ0n) is 13.1. The summed E-state index contributed by atoms with van der Waals surface area (Å²) < 4.78 is 0. The number of nitrogens with zero attached hydrogens (tertiary/aromatic N) is 5. The first-order valence-corrected chi connectivity index (χ1v) is 8.97. The van der Waals surface area contributed by atoms with Gasteiger partial charge in [-0.1, -0.05) is 0 Å². The Morgan fingerprint density at radius 3 is 2.92 bits per heavy atom. The van der Waals surface area contributed by atoms with Crippen LogP contribution in [0.3, 0.4) is 0 Å². The van der Waals surface area contributed by atoms with Gasteiger partial charge in [-0.25, -0.2) is 9.97 Å². The summed E-state index contributed by atoms with van der Waals surface area (Å²) in [6.07, 6.45) is 3.55. The smallest absolute Gasteiger partial charge is 0.228 e. The maximum Gasteiger partial charge on any atom is 0.228 e. The van der Waals surface area contributed by atoms with Gasteiger partial charge in [0.1, 0.15) is 11.9 Å². The maximum absolute atomic E-state index is 12.8. The number of amides is 1. The van der Waals surface area contributed by atoms with Crippen LogP contribution in [0, 0.1) is 17.2 Å². The van der Waals surface area contributed by atoms with E-state index in [9.17, 15) is 4.79 Å². The summed E-state index contributed by atoms with van der Waals surface area (Å²) in [5, 5.41) is 10.9. The highest BCUT2D eigenvalue weighted by Crippen LogP contribution is 2.32. The van der Waals surface area contributed by atoms with Crippen molar-refractivity contribution in [3.05, 3.63) is 40.5 Å². The van der Waals surface area contributed by atoms with E-state index in [2.05, 4.69) is 20.9 Å². The number of piperidine rings is 1. The third kappa shape index (κ3) is 2.74. The fraction of sp³-hybridized carbons (Fsp3) is 0.412. The van der Waals surface area contributed by atoms with Crippen LogP contribution in [0.2, 0.25) is 0 Å². The van der Waals surface area contributed by atoms with Crippen LogP contribution >= 0.6 is 11.3 Å². The van der Waals surface area contributed by atoms with E-state index in [1.807, 2.05) is 21.9 Å². The van der Waals surface area contributed by atoms with Crippen molar-refractivity contribution in [3.63, 3.8) is 0 Å². The van der Waals surface area contributed by atoms with Crippen molar-refractivity contribution < 1.29 is 4.79 Å². The summed E-state index contributed by atoms with van der Waals surface area (Å²) >= 11 is 1.56. The number of fused-ring (bicyclic) bond motifs is 4. The van der Waals surface area contributed by atoms with Crippen LogP contribution in [0.4, 0.5) is 5.82 Å². The SMILES string of the molecule is N#Cc1ccc(N2C[C@H]3CC[C@@H](C2)N(Cc2cscn2)C3=O)nc1. The molecule has 0 N–H and O–H groups in total. The second-order valence-electron chi connectivity index (χ2n) is 6.30. The van der Waals surface area contributed by atoms with Crippen LogP contribution < -0.4 is 4.90 Å². The van der Waals surface area contributed by atoms with Gasteiger partial charge in [0.25, 0.3) is 0 Å². The quantitative estimate of drug-likeness (QED) is 0.855. The summed E-state index contributed by atoms with van der Waals surface area (Å²) in [7, 11) is 0. The van der Waals surface area contributed by atoms with E-state index in [4.69, 9.17) is 5.26 Å². The molecule has 6 nitrogen and oxygen atoms in total. The van der Waals surface area contributed by atoms with Gasteiger partial charge in [-0.2, -0.15) is 5.26 Å². The largest absolute Gasteiger partial charge is 0.354 e. The molecule has 0 unspecified atom stereocenters. The van der Waals surface area contributed by atoms with E-state index in [1.54, 1.807) is 23.6 Å². The summed E-state index contributed by atoms with van der Waals surface area (Å²) in [4.78, 5) is 25.7. The Bertz CT molecular complexity index is 767. The number of anilines is 1. The number of rotatable bonds is 3. The van der Waals surface area contributed by atoms with Crippen molar-refractivity contribution in [2.75, 3.05) is 18.0 Å². The molecule has 3 fully saturated rings. The number of carbonyl (C=O) groups excluding carboxylic acids is 1. The molecule has 5 heterocycles. The minimum absolute atomic E-state index is 0.0137. The molecule has 0 spiro atoms. The van der Waals surface area contributed by atoms with E-state index in [1.165, 1.54) is 0 Å². The van der Waals surface area contributed by atoms with Crippen molar-refractivity contribution in [2.45, 2.75) is 25.4 Å². The van der Waals surface area contributed by atoms with Gasteiger partial charge in [0.2, 0.25) is 5.91 Å². The standard InChI is InChI=1S/C17H17N5OS/c18-5-12-1-4-16(19-6-12)21-7-13-2-3-15(9-21)22(17(13)23)8-14-10-24-11-20-14/h1,4,6,10-11,13,15H,2-3,7-9H2/t13-,15+/m1/s1. The van der Waals surface area contributed by atoms with Gasteiger partial charge in [0.05, 0.1) is 29.2 Å². The molecule has 7 heteroatoms. The predicted molar refractivity (Wildman–Crippen MR) is 90.3 cm³/mol. The lowest BCUT2D eigenvalue weighted by Gasteiger charge is -2.35. The minimum Gasteiger partial charge on any atom is -0.354 e. The third-order valence-electron chi connectivity index (χ3n) is 4.81. The fourth-order valence-electron chi connectivity index (χ4n) is 3.57. The van der Waals surface area contributed by atoms with Crippen LogP contribution in [-0.4, -0.2) is 39.9 Å². The number of nitriles is 1. The number of aromatic nitrogens is 2. The summed E-state index contributed by atoms with van der Waals surface area (Å²) in [6.45, 7) is 2.07. The van der Waals surface area contributed by atoms with Gasteiger partial charge < -0.3 is 9.80 Å². The number of hydrogen-bond acceptors (Lipinski definition) is 6. The first-order valence-electron chi connectivity index (χ1n) is 8.03. The van der Waals surface area contributed by atoms with E-state index >= 15 is 0 Å². The Hall–Kier alpha value is -2.46. The molecule has 0 aromatic carbocycles. The Balaban J connectivity index is 1.57. The predicted octanol–water partition coefficient (Wildman–Crippen LogP) is 2.04. The molecule has 1 amide bonds. The second kappa shape index (κ2) is 6.21. The first-order chi connectivity index (χ1) is 11.7. The lowest BCUT2D eigenvalue weighted by Crippen LogP contribution is -2.47. The molecule has 5 rings (SSSR count). The van der Waals surface area contributed by atoms with Crippen molar-refractivity contribution in [2.24, 2.45) is 5.92 Å². The molecule has 0 aliphatic carbocycles. The molecule has 122 valence electrons. The number of pyridine rings is 1. The van der Waals surface area contributed by atoms with E-state index in [-0.39, 0.29) is 17.9 Å². The van der Waals surface area contributed by atoms with Crippen LogP contribution in [0.25, 0.3) is 0 Å². The number of hydrogen-bond donors (Lipinski definition) is 0. The lowest BCUT2D eigenvalue weighted by atomic mass is 9.94. The van der Waals surface area contributed by atoms with Gasteiger partial charge in [0, 0.05) is 30.7 Å². The van der Waals surface area contributed by atoms with Gasteiger partial charge in [-0.3, -0.25) is 4.79 Å². The minimum atomic E-state index is 0.0137. The van der Waals surface area contributed by atoms with E-state index < -0.39 is 0 Å². The summed E-state index contributed by atoms with van der Waals surface area (Å²) in [5.74, 6) is 1.09. The normalized spacial score (nSPS) is 23.2. The number of carbonyl (C=O) groups is 1. The van der Waals surface area contributed by atoms with Crippen molar-refractivity contribution in [1.29, 1.82) is 5.26 Å². The lowest BCUT2D eigenvalue weighted by molar-refractivity contribution is -0.140. The number of thiazole rings is 1. The molecule has 24 heavy (non-hydrogen) atoms. The highest BCUT2D eigenvalue weighted by atomic mass is 32.1. The third-order valence-corrected chi connectivity index (χ3v) is 5.45. The average Bonchev–Trinajstić information content (AvgIpc) is 2.98. The maximum atomic E-state index is 12.8. The molecule has 3 aliphatic rings. The molecular formula is C17H17N5OS. The van der Waals surface area contributed by atoms with Gasteiger partial charge >= 0.3 is 0 Å². The first kappa shape index (κ1) is 15.1. The van der Waals surface area contributed by atoms with Crippen molar-refractivity contribution in [1.82, 2.24) is 14.9 Å². The Morgan fingerprint density at radius 1 is 1.29 bits per heavy atom. The van der Waals surface area contributed by atoms with Gasteiger partial charge in [-0.05, 0) is 25.0 Å². The molecule has 3 saturated heterocycles. The van der Waals surface area contributed by atoms with Crippen LogP contribution in [-0.2, 0) is 11.3 Å². The van der Waals surface area contributed by atoms with Crippen molar-refractivity contribution in [3.8, 4) is 6.07 Å². The molecular weight excluding hydrogens is 322 g/mol. The highest BCUT2D eigenvalue weighted by Gasteiger charge is 2.41. The zero-order chi connectivity index (χ0) is 16.5. The monoisotopic (exact) mass is 339 g/mol. The Labute approximate surface area is 144 Å². The summed E-state index contributed by atoms with van der Waals surface area (Å²) in [6, 6.07) is 5.93. The molecule has 0 saturated carbocycles. The molecule has 3 aliphatic heterocycles. The molecule has 2 aromatic heterocycles.